The van der Waals surface area contributed by atoms with Gasteiger partial charge in [-0.2, -0.15) is 0 Å². The average Bonchev–Trinajstić information content (AvgIpc) is 2.98. The zero-order chi connectivity index (χ0) is 12.4. The molecular formula is C11H12BrNO3S. The molecule has 0 saturated heterocycles. The normalized spacial score (nSPS) is 16.5. The van der Waals surface area contributed by atoms with E-state index in [0.29, 0.717) is 6.54 Å². The van der Waals surface area contributed by atoms with Gasteiger partial charge in [0.1, 0.15) is 5.92 Å². The lowest BCUT2D eigenvalue weighted by Gasteiger charge is -2.10. The summed E-state index contributed by atoms with van der Waals surface area (Å²) in [6.07, 6.45) is 1.68. The minimum atomic E-state index is -1.02. The van der Waals surface area contributed by atoms with Gasteiger partial charge in [-0.3, -0.25) is 9.59 Å². The molecule has 4 nitrogen and oxygen atoms in total. The van der Waals surface area contributed by atoms with Crippen LogP contribution in [-0.2, 0) is 16.1 Å². The lowest BCUT2D eigenvalue weighted by Crippen LogP contribution is -2.36. The molecule has 6 heteroatoms. The van der Waals surface area contributed by atoms with Crippen LogP contribution in [0.4, 0.5) is 0 Å². The van der Waals surface area contributed by atoms with Gasteiger partial charge in [0.15, 0.2) is 0 Å². The Labute approximate surface area is 111 Å². The van der Waals surface area contributed by atoms with Crippen LogP contribution in [0.1, 0.15) is 17.7 Å². The number of aliphatic carboxylic acids is 1. The standard InChI is InChI=1S/C11H12BrNO3S/c12-8-4-3-7(17-8)5-13-10(14)9(11(15)16)6-1-2-6/h3-4,6,9H,1-2,5H2,(H,13,14)(H,15,16). The van der Waals surface area contributed by atoms with Crippen molar-refractivity contribution in [3.05, 3.63) is 20.8 Å². The van der Waals surface area contributed by atoms with Gasteiger partial charge in [0.05, 0.1) is 10.3 Å². The molecule has 1 atom stereocenters. The Bertz CT molecular complexity index is 442. The number of amides is 1. The Morgan fingerprint density at radius 1 is 1.53 bits per heavy atom. The molecule has 1 unspecified atom stereocenters. The van der Waals surface area contributed by atoms with Crippen LogP contribution in [0.2, 0.25) is 0 Å². The molecule has 1 aliphatic carbocycles. The maximum Gasteiger partial charge on any atom is 0.316 e. The zero-order valence-corrected chi connectivity index (χ0v) is 11.4. The van der Waals surface area contributed by atoms with Gasteiger partial charge in [0.25, 0.3) is 0 Å². The summed E-state index contributed by atoms with van der Waals surface area (Å²) < 4.78 is 0.999. The summed E-state index contributed by atoms with van der Waals surface area (Å²) in [6, 6.07) is 3.81. The highest BCUT2D eigenvalue weighted by molar-refractivity contribution is 9.11. The molecule has 0 aliphatic heterocycles. The molecule has 0 radical (unpaired) electrons. The largest absolute Gasteiger partial charge is 0.481 e. The molecule has 17 heavy (non-hydrogen) atoms. The summed E-state index contributed by atoms with van der Waals surface area (Å²) >= 11 is 4.86. The Kier molecular flexibility index (Phi) is 3.83. The van der Waals surface area contributed by atoms with Crippen molar-refractivity contribution in [2.75, 3.05) is 0 Å². The van der Waals surface area contributed by atoms with Gasteiger partial charge >= 0.3 is 5.97 Å². The fraction of sp³-hybridized carbons (Fsp3) is 0.455. The summed E-state index contributed by atoms with van der Waals surface area (Å²) in [5, 5.41) is 11.7. The second-order valence-corrected chi connectivity index (χ2v) is 6.62. The minimum Gasteiger partial charge on any atom is -0.481 e. The second-order valence-electron chi connectivity index (χ2n) is 4.08. The quantitative estimate of drug-likeness (QED) is 0.818. The van der Waals surface area contributed by atoms with Crippen LogP contribution in [0.5, 0.6) is 0 Å². The zero-order valence-electron chi connectivity index (χ0n) is 8.98. The van der Waals surface area contributed by atoms with Gasteiger partial charge < -0.3 is 10.4 Å². The molecule has 92 valence electrons. The number of carbonyl (C=O) groups excluding carboxylic acids is 1. The van der Waals surface area contributed by atoms with Crippen molar-refractivity contribution in [1.82, 2.24) is 5.32 Å². The summed E-state index contributed by atoms with van der Waals surface area (Å²) in [7, 11) is 0. The number of carboxylic acids is 1. The maximum absolute atomic E-state index is 11.7. The summed E-state index contributed by atoms with van der Waals surface area (Å²) in [5.41, 5.74) is 0. The number of halogens is 1. The first-order valence-corrected chi connectivity index (χ1v) is 6.93. The van der Waals surface area contributed by atoms with Gasteiger partial charge in [-0.25, -0.2) is 0 Å². The lowest BCUT2D eigenvalue weighted by atomic mass is 10.0. The highest BCUT2D eigenvalue weighted by Crippen LogP contribution is 2.37. The highest BCUT2D eigenvalue weighted by Gasteiger charge is 2.41. The van der Waals surface area contributed by atoms with E-state index in [1.807, 2.05) is 12.1 Å². The number of carbonyl (C=O) groups is 2. The van der Waals surface area contributed by atoms with E-state index in [2.05, 4.69) is 21.2 Å². The molecule has 0 aromatic carbocycles. The van der Waals surface area contributed by atoms with Gasteiger partial charge in [-0.1, -0.05) is 0 Å². The van der Waals surface area contributed by atoms with Crippen LogP contribution in [0.3, 0.4) is 0 Å². The predicted molar refractivity (Wildman–Crippen MR) is 67.7 cm³/mol. The van der Waals surface area contributed by atoms with E-state index < -0.39 is 11.9 Å². The third-order valence-corrected chi connectivity index (χ3v) is 4.33. The van der Waals surface area contributed by atoms with Gasteiger partial charge in [0.2, 0.25) is 5.91 Å². The first-order valence-electron chi connectivity index (χ1n) is 5.32. The molecule has 1 aliphatic rings. The Hall–Kier alpha value is -0.880. The second kappa shape index (κ2) is 5.18. The molecule has 1 fully saturated rings. The van der Waals surface area contributed by atoms with E-state index >= 15 is 0 Å². The van der Waals surface area contributed by atoms with Crippen LogP contribution in [0.15, 0.2) is 15.9 Å². The lowest BCUT2D eigenvalue weighted by molar-refractivity contribution is -0.147. The SMILES string of the molecule is O=C(O)C(C(=O)NCc1ccc(Br)s1)C1CC1. The maximum atomic E-state index is 11.7. The van der Waals surface area contributed by atoms with Crippen molar-refractivity contribution < 1.29 is 14.7 Å². The summed E-state index contributed by atoms with van der Waals surface area (Å²) in [5.74, 6) is -2.23. The first kappa shape index (κ1) is 12.6. The molecule has 1 amide bonds. The molecule has 1 aromatic rings. The predicted octanol–water partition coefficient (Wildman–Crippen LogP) is 2.24. The summed E-state index contributed by atoms with van der Waals surface area (Å²) in [4.78, 5) is 23.7. The van der Waals surface area contributed by atoms with Gasteiger partial charge in [-0.05, 0) is 46.8 Å². The van der Waals surface area contributed by atoms with E-state index in [1.165, 1.54) is 11.3 Å². The van der Waals surface area contributed by atoms with Crippen LogP contribution < -0.4 is 5.32 Å². The Morgan fingerprint density at radius 3 is 2.71 bits per heavy atom. The first-order chi connectivity index (χ1) is 8.08. The fourth-order valence-corrected chi connectivity index (χ4v) is 3.11. The van der Waals surface area contributed by atoms with Crippen molar-refractivity contribution >= 4 is 39.1 Å². The number of hydrogen-bond donors (Lipinski definition) is 2. The molecule has 2 rings (SSSR count). The molecule has 1 aromatic heterocycles. The molecule has 0 spiro atoms. The molecule has 1 heterocycles. The van der Waals surface area contributed by atoms with Crippen LogP contribution in [0, 0.1) is 11.8 Å². The van der Waals surface area contributed by atoms with Crippen LogP contribution in [-0.4, -0.2) is 17.0 Å². The molecule has 1 saturated carbocycles. The van der Waals surface area contributed by atoms with Crippen molar-refractivity contribution in [3.8, 4) is 0 Å². The summed E-state index contributed by atoms with van der Waals surface area (Å²) in [6.45, 7) is 0.394. The average molecular weight is 318 g/mol. The van der Waals surface area contributed by atoms with E-state index in [4.69, 9.17) is 5.11 Å². The number of rotatable bonds is 5. The molecule has 0 bridgehead atoms. The molecule has 2 N–H and O–H groups in total. The van der Waals surface area contributed by atoms with Crippen molar-refractivity contribution in [1.29, 1.82) is 0 Å². The molecular weight excluding hydrogens is 306 g/mol. The number of carboxylic acid groups (broad SMARTS) is 1. The topological polar surface area (TPSA) is 66.4 Å². The third kappa shape index (κ3) is 3.29. The van der Waals surface area contributed by atoms with E-state index in [9.17, 15) is 9.59 Å². The fourth-order valence-electron chi connectivity index (χ4n) is 1.69. The highest BCUT2D eigenvalue weighted by atomic mass is 79.9. The number of hydrogen-bond acceptors (Lipinski definition) is 3. The van der Waals surface area contributed by atoms with Crippen molar-refractivity contribution in [2.24, 2.45) is 11.8 Å². The van der Waals surface area contributed by atoms with Crippen LogP contribution >= 0.6 is 27.3 Å². The minimum absolute atomic E-state index is 0.0302. The van der Waals surface area contributed by atoms with E-state index in [1.54, 1.807) is 0 Å². The third-order valence-electron chi connectivity index (χ3n) is 2.71. The van der Waals surface area contributed by atoms with Gasteiger partial charge in [0, 0.05) is 4.88 Å². The Balaban J connectivity index is 1.89. The van der Waals surface area contributed by atoms with Crippen molar-refractivity contribution in [2.45, 2.75) is 19.4 Å². The van der Waals surface area contributed by atoms with E-state index in [0.717, 1.165) is 21.5 Å². The number of thiophene rings is 1. The smallest absolute Gasteiger partial charge is 0.316 e. The Morgan fingerprint density at radius 2 is 2.24 bits per heavy atom. The van der Waals surface area contributed by atoms with Gasteiger partial charge in [-0.15, -0.1) is 11.3 Å². The van der Waals surface area contributed by atoms with Crippen molar-refractivity contribution in [3.63, 3.8) is 0 Å². The number of nitrogens with one attached hydrogen (secondary N) is 1. The monoisotopic (exact) mass is 317 g/mol. The van der Waals surface area contributed by atoms with E-state index in [-0.39, 0.29) is 11.8 Å². The van der Waals surface area contributed by atoms with Crippen LogP contribution in [0.25, 0.3) is 0 Å².